The van der Waals surface area contributed by atoms with Gasteiger partial charge >= 0.3 is 0 Å². The molecule has 2 rings (SSSR count). The van der Waals surface area contributed by atoms with Crippen molar-refractivity contribution in [3.8, 4) is 0 Å². The lowest BCUT2D eigenvalue weighted by atomic mass is 9.90. The molecule has 0 aromatic carbocycles. The molecular formula is C8H15FN2. The highest BCUT2D eigenvalue weighted by atomic mass is 19.1. The van der Waals surface area contributed by atoms with Gasteiger partial charge in [-0.2, -0.15) is 0 Å². The molecule has 1 atom stereocenters. The Kier molecular flexibility index (Phi) is 2.09. The third-order valence-corrected chi connectivity index (χ3v) is 2.61. The predicted molar refractivity (Wildman–Crippen MR) is 42.3 cm³/mol. The van der Waals surface area contributed by atoms with Crippen molar-refractivity contribution in [2.24, 2.45) is 0 Å². The Hall–Kier alpha value is -0.150. The van der Waals surface area contributed by atoms with Gasteiger partial charge < -0.3 is 10.6 Å². The summed E-state index contributed by atoms with van der Waals surface area (Å²) in [6, 6.07) is 1.07. The minimum atomic E-state index is -0.526. The molecule has 64 valence electrons. The molecule has 1 saturated carbocycles. The zero-order valence-corrected chi connectivity index (χ0v) is 6.65. The number of hydrogen-bond acceptors (Lipinski definition) is 2. The van der Waals surface area contributed by atoms with Crippen LogP contribution in [0.25, 0.3) is 0 Å². The molecule has 1 aliphatic carbocycles. The Bertz CT molecular complexity index is 128. The second kappa shape index (κ2) is 3.07. The molecule has 2 aliphatic rings. The van der Waals surface area contributed by atoms with Gasteiger partial charge in [0, 0.05) is 18.6 Å². The van der Waals surface area contributed by atoms with E-state index in [9.17, 15) is 4.39 Å². The second-order valence-electron chi connectivity index (χ2n) is 3.62. The van der Waals surface area contributed by atoms with Gasteiger partial charge in [-0.05, 0) is 25.8 Å². The molecule has 0 amide bonds. The van der Waals surface area contributed by atoms with Gasteiger partial charge in [-0.1, -0.05) is 0 Å². The first-order valence-electron chi connectivity index (χ1n) is 4.45. The van der Waals surface area contributed by atoms with Gasteiger partial charge in [0.05, 0.1) is 0 Å². The third-order valence-electron chi connectivity index (χ3n) is 2.61. The van der Waals surface area contributed by atoms with Gasteiger partial charge in [0.25, 0.3) is 0 Å². The Labute approximate surface area is 66.5 Å². The van der Waals surface area contributed by atoms with Crippen LogP contribution in [0.15, 0.2) is 0 Å². The lowest BCUT2D eigenvalue weighted by Crippen LogP contribution is -2.47. The van der Waals surface area contributed by atoms with Crippen LogP contribution in [0.2, 0.25) is 0 Å². The zero-order chi connectivity index (χ0) is 7.68. The lowest BCUT2D eigenvalue weighted by molar-refractivity contribution is 0.148. The van der Waals surface area contributed by atoms with Gasteiger partial charge in [-0.25, -0.2) is 4.39 Å². The molecule has 0 aromatic heterocycles. The first-order chi connectivity index (χ1) is 5.34. The van der Waals surface area contributed by atoms with Gasteiger partial charge in [-0.15, -0.1) is 0 Å². The fourth-order valence-corrected chi connectivity index (χ4v) is 1.81. The summed E-state index contributed by atoms with van der Waals surface area (Å²) in [5.41, 5.74) is 0. The van der Waals surface area contributed by atoms with Crippen molar-refractivity contribution in [3.63, 3.8) is 0 Å². The number of nitrogens with one attached hydrogen (secondary N) is 2. The maximum atomic E-state index is 12.4. The van der Waals surface area contributed by atoms with Crippen molar-refractivity contribution in [2.45, 2.75) is 37.5 Å². The fraction of sp³-hybridized carbons (Fsp3) is 1.00. The molecule has 11 heavy (non-hydrogen) atoms. The molecule has 0 aromatic rings. The molecule has 1 aliphatic heterocycles. The predicted octanol–water partition coefficient (Wildman–Crippen LogP) is 0.438. The molecular weight excluding hydrogens is 143 g/mol. The molecule has 0 radical (unpaired) electrons. The SMILES string of the molecule is F[C@H]1C[C@@H](NC2CCNC2)C1. The first-order valence-corrected chi connectivity index (χ1v) is 4.45. The molecule has 2 N–H and O–H groups in total. The van der Waals surface area contributed by atoms with Crippen molar-refractivity contribution >= 4 is 0 Å². The van der Waals surface area contributed by atoms with Crippen LogP contribution in [0.4, 0.5) is 4.39 Å². The van der Waals surface area contributed by atoms with Crippen LogP contribution in [0.1, 0.15) is 19.3 Å². The van der Waals surface area contributed by atoms with E-state index in [0.29, 0.717) is 12.1 Å². The van der Waals surface area contributed by atoms with E-state index in [-0.39, 0.29) is 0 Å². The van der Waals surface area contributed by atoms with Gasteiger partial charge in [-0.3, -0.25) is 0 Å². The largest absolute Gasteiger partial charge is 0.315 e. The standard InChI is InChI=1S/C8H15FN2/c9-6-3-8(4-6)11-7-1-2-10-5-7/h6-8,10-11H,1-5H2/t6-,7?,8+. The number of alkyl halides is 1. The van der Waals surface area contributed by atoms with Crippen LogP contribution in [0.5, 0.6) is 0 Å². The van der Waals surface area contributed by atoms with E-state index in [2.05, 4.69) is 10.6 Å². The van der Waals surface area contributed by atoms with Crippen molar-refractivity contribution < 1.29 is 4.39 Å². The molecule has 2 fully saturated rings. The van der Waals surface area contributed by atoms with Crippen molar-refractivity contribution in [1.82, 2.24) is 10.6 Å². The van der Waals surface area contributed by atoms with Crippen LogP contribution >= 0.6 is 0 Å². The van der Waals surface area contributed by atoms with Crippen LogP contribution < -0.4 is 10.6 Å². The van der Waals surface area contributed by atoms with Crippen molar-refractivity contribution in [2.75, 3.05) is 13.1 Å². The summed E-state index contributed by atoms with van der Waals surface area (Å²) < 4.78 is 12.4. The average molecular weight is 158 g/mol. The van der Waals surface area contributed by atoms with Gasteiger partial charge in [0.15, 0.2) is 0 Å². The zero-order valence-electron chi connectivity index (χ0n) is 6.65. The van der Waals surface area contributed by atoms with Crippen molar-refractivity contribution in [3.05, 3.63) is 0 Å². The second-order valence-corrected chi connectivity index (χ2v) is 3.62. The monoisotopic (exact) mass is 158 g/mol. The normalized spacial score (nSPS) is 43.9. The topological polar surface area (TPSA) is 24.1 Å². The van der Waals surface area contributed by atoms with E-state index in [1.54, 1.807) is 0 Å². The maximum Gasteiger partial charge on any atom is 0.103 e. The molecule has 1 heterocycles. The van der Waals surface area contributed by atoms with Crippen molar-refractivity contribution in [1.29, 1.82) is 0 Å². The summed E-state index contributed by atoms with van der Waals surface area (Å²) >= 11 is 0. The van der Waals surface area contributed by atoms with E-state index in [0.717, 1.165) is 25.9 Å². The molecule has 3 heteroatoms. The smallest absolute Gasteiger partial charge is 0.103 e. The van der Waals surface area contributed by atoms with Crippen LogP contribution in [-0.4, -0.2) is 31.3 Å². The summed E-state index contributed by atoms with van der Waals surface area (Å²) in [5.74, 6) is 0. The highest BCUT2D eigenvalue weighted by Crippen LogP contribution is 2.23. The van der Waals surface area contributed by atoms with E-state index in [1.807, 2.05) is 0 Å². The molecule has 1 saturated heterocycles. The van der Waals surface area contributed by atoms with Gasteiger partial charge in [0.2, 0.25) is 0 Å². The number of halogens is 1. The Morgan fingerprint density at radius 2 is 2.09 bits per heavy atom. The number of hydrogen-bond donors (Lipinski definition) is 2. The summed E-state index contributed by atoms with van der Waals surface area (Å²) in [7, 11) is 0. The molecule has 2 nitrogen and oxygen atoms in total. The molecule has 0 spiro atoms. The highest BCUT2D eigenvalue weighted by Gasteiger charge is 2.30. The third kappa shape index (κ3) is 1.71. The van der Waals surface area contributed by atoms with Crippen LogP contribution in [0.3, 0.4) is 0 Å². The Morgan fingerprint density at radius 1 is 1.27 bits per heavy atom. The average Bonchev–Trinajstić information content (AvgIpc) is 2.36. The maximum absolute atomic E-state index is 12.4. The Morgan fingerprint density at radius 3 is 2.64 bits per heavy atom. The summed E-state index contributed by atoms with van der Waals surface area (Å²) in [4.78, 5) is 0. The molecule has 0 bridgehead atoms. The summed E-state index contributed by atoms with van der Waals surface area (Å²) in [6.07, 6.45) is 2.14. The van der Waals surface area contributed by atoms with E-state index in [1.165, 1.54) is 6.42 Å². The first kappa shape index (κ1) is 7.50. The quantitative estimate of drug-likeness (QED) is 0.609. The highest BCUT2D eigenvalue weighted by molar-refractivity contribution is 4.89. The van der Waals surface area contributed by atoms with Gasteiger partial charge in [0.1, 0.15) is 6.17 Å². The summed E-state index contributed by atoms with van der Waals surface area (Å²) in [6.45, 7) is 2.18. The minimum Gasteiger partial charge on any atom is -0.315 e. The van der Waals surface area contributed by atoms with Crippen LogP contribution in [0, 0.1) is 0 Å². The lowest BCUT2D eigenvalue weighted by Gasteiger charge is -2.32. The molecule has 1 unspecified atom stereocenters. The van der Waals surface area contributed by atoms with Crippen LogP contribution in [-0.2, 0) is 0 Å². The van der Waals surface area contributed by atoms with E-state index < -0.39 is 6.17 Å². The van der Waals surface area contributed by atoms with E-state index >= 15 is 0 Å². The summed E-state index contributed by atoms with van der Waals surface area (Å²) in [5, 5.41) is 6.72. The number of rotatable bonds is 2. The Balaban J connectivity index is 1.66. The minimum absolute atomic E-state index is 0.468. The van der Waals surface area contributed by atoms with E-state index in [4.69, 9.17) is 0 Å². The fourth-order valence-electron chi connectivity index (χ4n) is 1.81.